The lowest BCUT2D eigenvalue weighted by atomic mass is 10.1. The van der Waals surface area contributed by atoms with Crippen molar-refractivity contribution < 1.29 is 18.7 Å². The van der Waals surface area contributed by atoms with Crippen molar-refractivity contribution in [2.24, 2.45) is 0 Å². The van der Waals surface area contributed by atoms with Gasteiger partial charge in [0.15, 0.2) is 5.69 Å². The topological polar surface area (TPSA) is 48.4 Å². The highest BCUT2D eigenvalue weighted by molar-refractivity contribution is 14.1. The van der Waals surface area contributed by atoms with Crippen molar-refractivity contribution in [1.82, 2.24) is 4.98 Å². The van der Waals surface area contributed by atoms with Crippen LogP contribution in [0.5, 0.6) is 5.75 Å². The highest BCUT2D eigenvalue weighted by Crippen LogP contribution is 2.27. The maximum Gasteiger partial charge on any atom is 0.357 e. The molecule has 0 aliphatic rings. The molecule has 20 heavy (non-hydrogen) atoms. The number of hydrogen-bond donors (Lipinski definition) is 0. The van der Waals surface area contributed by atoms with Gasteiger partial charge in [-0.2, -0.15) is 0 Å². The summed E-state index contributed by atoms with van der Waals surface area (Å²) in [6.07, 6.45) is 1.44. The van der Waals surface area contributed by atoms with Gasteiger partial charge in [0.2, 0.25) is 0 Å². The van der Waals surface area contributed by atoms with Crippen molar-refractivity contribution in [1.29, 1.82) is 0 Å². The minimum Gasteiger partial charge on any atom is -0.497 e. The number of ether oxygens (including phenoxy) is 2. The Hall–Kier alpha value is -1.70. The molecule has 0 saturated carbocycles. The van der Waals surface area contributed by atoms with Crippen LogP contribution in [0.25, 0.3) is 11.1 Å². The van der Waals surface area contributed by atoms with E-state index in [9.17, 15) is 9.18 Å². The number of benzene rings is 1. The third-order valence-corrected chi connectivity index (χ3v) is 3.53. The average molecular weight is 387 g/mol. The number of rotatable bonds is 3. The number of carbonyl (C=O) groups excluding carboxylic acids is 1. The zero-order valence-electron chi connectivity index (χ0n) is 10.8. The number of hydrogen-bond acceptors (Lipinski definition) is 4. The number of methoxy groups -OCH3 is 2. The van der Waals surface area contributed by atoms with Crippen molar-refractivity contribution in [3.8, 4) is 16.9 Å². The Morgan fingerprint density at radius 1 is 1.30 bits per heavy atom. The smallest absolute Gasteiger partial charge is 0.357 e. The van der Waals surface area contributed by atoms with Crippen LogP contribution in [-0.2, 0) is 4.74 Å². The highest BCUT2D eigenvalue weighted by Gasteiger charge is 2.14. The first-order valence-corrected chi connectivity index (χ1v) is 6.72. The van der Waals surface area contributed by atoms with E-state index in [4.69, 9.17) is 4.74 Å². The van der Waals surface area contributed by atoms with Crippen LogP contribution < -0.4 is 4.74 Å². The Labute approximate surface area is 129 Å². The molecule has 0 aliphatic heterocycles. The van der Waals surface area contributed by atoms with Gasteiger partial charge in [-0.3, -0.25) is 0 Å². The number of pyridine rings is 1. The standard InChI is InChI=1S/C14H11FINO3/c1-19-9-3-4-10(11(15)6-9)8-5-12(16)13(17-7-8)14(18)20-2/h3-7H,1-2H3. The van der Waals surface area contributed by atoms with Crippen molar-refractivity contribution in [3.63, 3.8) is 0 Å². The maximum absolute atomic E-state index is 14.0. The molecule has 0 amide bonds. The summed E-state index contributed by atoms with van der Waals surface area (Å²) >= 11 is 1.97. The van der Waals surface area contributed by atoms with E-state index in [2.05, 4.69) is 9.72 Å². The highest BCUT2D eigenvalue weighted by atomic mass is 127. The van der Waals surface area contributed by atoms with Crippen LogP contribution in [0.3, 0.4) is 0 Å². The molecule has 0 saturated heterocycles. The van der Waals surface area contributed by atoms with Crippen LogP contribution >= 0.6 is 22.6 Å². The third-order valence-electron chi connectivity index (χ3n) is 2.71. The average Bonchev–Trinajstić information content (AvgIpc) is 2.46. The molecule has 0 unspecified atom stereocenters. The fourth-order valence-electron chi connectivity index (χ4n) is 1.69. The Kier molecular flexibility index (Phi) is 4.53. The van der Waals surface area contributed by atoms with E-state index < -0.39 is 11.8 Å². The predicted octanol–water partition coefficient (Wildman–Crippen LogP) is 3.29. The van der Waals surface area contributed by atoms with Gasteiger partial charge in [0.25, 0.3) is 0 Å². The first-order chi connectivity index (χ1) is 9.56. The molecule has 0 bridgehead atoms. The summed E-state index contributed by atoms with van der Waals surface area (Å²) in [7, 11) is 2.77. The molecule has 0 fully saturated rings. The number of halogens is 2. The number of aromatic nitrogens is 1. The maximum atomic E-state index is 14.0. The molecule has 1 heterocycles. The molecule has 4 nitrogen and oxygen atoms in total. The summed E-state index contributed by atoms with van der Waals surface area (Å²) in [5, 5.41) is 0. The van der Waals surface area contributed by atoms with Crippen molar-refractivity contribution >= 4 is 28.6 Å². The molecule has 0 spiro atoms. The lowest BCUT2D eigenvalue weighted by Gasteiger charge is -2.08. The summed E-state index contributed by atoms with van der Waals surface area (Å²) in [5.41, 5.74) is 1.20. The van der Waals surface area contributed by atoms with Crippen molar-refractivity contribution in [2.45, 2.75) is 0 Å². The van der Waals surface area contributed by atoms with E-state index >= 15 is 0 Å². The van der Waals surface area contributed by atoms with Crippen molar-refractivity contribution in [3.05, 3.63) is 45.5 Å². The minimum absolute atomic E-state index is 0.214. The molecule has 0 atom stereocenters. The largest absolute Gasteiger partial charge is 0.497 e. The third kappa shape index (κ3) is 2.90. The minimum atomic E-state index is -0.517. The fourth-order valence-corrected chi connectivity index (χ4v) is 2.38. The van der Waals surface area contributed by atoms with Crippen LogP contribution in [0, 0.1) is 9.39 Å². The van der Waals surface area contributed by atoms with E-state index in [1.165, 1.54) is 26.5 Å². The van der Waals surface area contributed by atoms with E-state index in [1.807, 2.05) is 22.6 Å². The van der Waals surface area contributed by atoms with Crippen molar-refractivity contribution in [2.75, 3.05) is 14.2 Å². The molecule has 1 aromatic carbocycles. The quantitative estimate of drug-likeness (QED) is 0.599. The summed E-state index contributed by atoms with van der Waals surface area (Å²) < 4.78 is 24.2. The van der Waals surface area contributed by atoms with E-state index in [1.54, 1.807) is 18.2 Å². The van der Waals surface area contributed by atoms with Gasteiger partial charge in [-0.05, 0) is 40.8 Å². The number of carbonyl (C=O) groups is 1. The van der Waals surface area contributed by atoms with Gasteiger partial charge in [0.05, 0.1) is 14.2 Å². The Morgan fingerprint density at radius 3 is 2.60 bits per heavy atom. The van der Waals surface area contributed by atoms with E-state index in [0.29, 0.717) is 20.4 Å². The molecule has 2 rings (SSSR count). The molecule has 0 radical (unpaired) electrons. The number of esters is 1. The van der Waals surface area contributed by atoms with Gasteiger partial charge in [-0.25, -0.2) is 14.2 Å². The van der Waals surface area contributed by atoms with Crippen LogP contribution in [0.1, 0.15) is 10.5 Å². The molecular weight excluding hydrogens is 376 g/mol. The van der Waals surface area contributed by atoms with Gasteiger partial charge >= 0.3 is 5.97 Å². The molecule has 6 heteroatoms. The molecule has 104 valence electrons. The first-order valence-electron chi connectivity index (χ1n) is 5.64. The van der Waals surface area contributed by atoms with Gasteiger partial charge in [-0.1, -0.05) is 0 Å². The SMILES string of the molecule is COC(=O)c1ncc(-c2ccc(OC)cc2F)cc1I. The second kappa shape index (κ2) is 6.17. The molecular formula is C14H11FINO3. The summed E-state index contributed by atoms with van der Waals surface area (Å²) in [5.74, 6) is -0.482. The van der Waals surface area contributed by atoms with E-state index in [0.717, 1.165) is 0 Å². The van der Waals surface area contributed by atoms with E-state index in [-0.39, 0.29) is 5.69 Å². The van der Waals surface area contributed by atoms with Gasteiger partial charge in [0, 0.05) is 27.0 Å². The van der Waals surface area contributed by atoms with Gasteiger partial charge < -0.3 is 9.47 Å². The van der Waals surface area contributed by atoms with Crippen LogP contribution in [0.15, 0.2) is 30.5 Å². The Balaban J connectivity index is 2.44. The lowest BCUT2D eigenvalue weighted by molar-refractivity contribution is 0.0593. The zero-order chi connectivity index (χ0) is 14.7. The van der Waals surface area contributed by atoms with Crippen LogP contribution in [0.4, 0.5) is 4.39 Å². The summed E-state index contributed by atoms with van der Waals surface area (Å²) in [4.78, 5) is 15.5. The molecule has 2 aromatic rings. The summed E-state index contributed by atoms with van der Waals surface area (Å²) in [6.45, 7) is 0. The van der Waals surface area contributed by atoms with Gasteiger partial charge in [0.1, 0.15) is 11.6 Å². The fraction of sp³-hybridized carbons (Fsp3) is 0.143. The zero-order valence-corrected chi connectivity index (χ0v) is 13.0. The van der Waals surface area contributed by atoms with Crippen LogP contribution in [0.2, 0.25) is 0 Å². The summed E-state index contributed by atoms with van der Waals surface area (Å²) in [6, 6.07) is 6.26. The molecule has 0 aliphatic carbocycles. The van der Waals surface area contributed by atoms with Gasteiger partial charge in [-0.15, -0.1) is 0 Å². The predicted molar refractivity (Wildman–Crippen MR) is 80.2 cm³/mol. The monoisotopic (exact) mass is 387 g/mol. The second-order valence-corrected chi connectivity index (χ2v) is 5.05. The molecule has 0 N–H and O–H groups in total. The Morgan fingerprint density at radius 2 is 2.05 bits per heavy atom. The number of nitrogens with zero attached hydrogens (tertiary/aromatic N) is 1. The molecule has 1 aromatic heterocycles. The normalized spacial score (nSPS) is 10.2. The van der Waals surface area contributed by atoms with Crippen LogP contribution in [-0.4, -0.2) is 25.2 Å². The lowest BCUT2D eigenvalue weighted by Crippen LogP contribution is -2.06. The second-order valence-electron chi connectivity index (χ2n) is 3.89. The first kappa shape index (κ1) is 14.7. The Bertz CT molecular complexity index is 661.